The van der Waals surface area contributed by atoms with E-state index in [4.69, 9.17) is 4.74 Å². The highest BCUT2D eigenvalue weighted by molar-refractivity contribution is 5.78. The minimum Gasteiger partial charge on any atom is -0.469 e. The molecule has 0 aromatic rings. The first-order valence-corrected chi connectivity index (χ1v) is 14.2. The summed E-state index contributed by atoms with van der Waals surface area (Å²) in [4.78, 5) is 13.3. The molecule has 0 heterocycles. The molecule has 3 heteroatoms. The smallest absolute Gasteiger partial charge is 0.312 e. The van der Waals surface area contributed by atoms with Crippen molar-refractivity contribution in [2.45, 2.75) is 119 Å². The molecular formula is C31H50O3. The van der Waals surface area contributed by atoms with Gasteiger partial charge in [-0.15, -0.1) is 0 Å². The fourth-order valence-electron chi connectivity index (χ4n) is 10.8. The summed E-state index contributed by atoms with van der Waals surface area (Å²) in [7, 11) is 1.59. The molecule has 4 fully saturated rings. The van der Waals surface area contributed by atoms with Crippen LogP contribution in [-0.2, 0) is 9.53 Å². The predicted molar refractivity (Wildman–Crippen MR) is 137 cm³/mol. The van der Waals surface area contributed by atoms with Crippen molar-refractivity contribution in [3.05, 3.63) is 11.6 Å². The third-order valence-corrected chi connectivity index (χ3v) is 13.2. The van der Waals surface area contributed by atoms with E-state index in [9.17, 15) is 9.90 Å². The Labute approximate surface area is 208 Å². The Hall–Kier alpha value is -0.830. The second-order valence-electron chi connectivity index (χ2n) is 15.2. The van der Waals surface area contributed by atoms with Crippen LogP contribution in [0.1, 0.15) is 113 Å². The number of carbonyl (C=O) groups excluding carboxylic acids is 1. The molecule has 0 aliphatic heterocycles. The fourth-order valence-corrected chi connectivity index (χ4v) is 10.8. The third kappa shape index (κ3) is 2.94. The van der Waals surface area contributed by atoms with E-state index in [0.29, 0.717) is 17.8 Å². The Morgan fingerprint density at radius 2 is 1.59 bits per heavy atom. The first kappa shape index (κ1) is 24.8. The van der Waals surface area contributed by atoms with Gasteiger partial charge in [-0.05, 0) is 109 Å². The molecule has 1 N–H and O–H groups in total. The van der Waals surface area contributed by atoms with Crippen LogP contribution in [0.5, 0.6) is 0 Å². The largest absolute Gasteiger partial charge is 0.469 e. The van der Waals surface area contributed by atoms with Gasteiger partial charge < -0.3 is 9.84 Å². The normalized spacial score (nSPS) is 51.1. The van der Waals surface area contributed by atoms with Crippen LogP contribution < -0.4 is 0 Å². The summed E-state index contributed by atoms with van der Waals surface area (Å²) in [6.07, 6.45) is 13.4. The van der Waals surface area contributed by atoms with E-state index in [2.05, 4.69) is 54.5 Å². The Balaban J connectivity index is 1.60. The van der Waals surface area contributed by atoms with Crippen LogP contribution >= 0.6 is 0 Å². The maximum absolute atomic E-state index is 13.3. The van der Waals surface area contributed by atoms with Crippen LogP contribution in [0.4, 0.5) is 0 Å². The summed E-state index contributed by atoms with van der Waals surface area (Å²) >= 11 is 0. The zero-order valence-electron chi connectivity index (χ0n) is 23.2. The number of hydrogen-bond donors (Lipinski definition) is 1. The maximum atomic E-state index is 13.3. The number of esters is 1. The molecule has 5 aliphatic rings. The lowest BCUT2D eigenvalue weighted by atomic mass is 9.33. The van der Waals surface area contributed by atoms with Crippen LogP contribution in [-0.4, -0.2) is 24.3 Å². The van der Waals surface area contributed by atoms with Crippen molar-refractivity contribution < 1.29 is 14.6 Å². The second-order valence-corrected chi connectivity index (χ2v) is 15.2. The molecule has 192 valence electrons. The Morgan fingerprint density at radius 1 is 0.912 bits per heavy atom. The summed E-state index contributed by atoms with van der Waals surface area (Å²) in [6.45, 7) is 17.2. The van der Waals surface area contributed by atoms with Gasteiger partial charge in [0.2, 0.25) is 0 Å². The van der Waals surface area contributed by atoms with Gasteiger partial charge >= 0.3 is 5.97 Å². The maximum Gasteiger partial charge on any atom is 0.312 e. The summed E-state index contributed by atoms with van der Waals surface area (Å²) in [6, 6.07) is 0. The number of methoxy groups -OCH3 is 1. The van der Waals surface area contributed by atoms with Gasteiger partial charge in [-0.3, -0.25) is 4.79 Å². The number of aliphatic hydroxyl groups is 1. The van der Waals surface area contributed by atoms with Crippen LogP contribution in [0.3, 0.4) is 0 Å². The predicted octanol–water partition coefficient (Wildman–Crippen LogP) is 7.32. The van der Waals surface area contributed by atoms with E-state index in [1.54, 1.807) is 12.7 Å². The highest BCUT2D eigenvalue weighted by atomic mass is 16.5. The molecule has 5 aliphatic carbocycles. The topological polar surface area (TPSA) is 46.5 Å². The van der Waals surface area contributed by atoms with Crippen molar-refractivity contribution in [2.75, 3.05) is 7.11 Å². The second kappa shape index (κ2) is 7.36. The van der Waals surface area contributed by atoms with Crippen LogP contribution in [0.15, 0.2) is 11.6 Å². The first-order valence-electron chi connectivity index (χ1n) is 14.2. The number of rotatable bonds is 1. The molecule has 0 radical (unpaired) electrons. The van der Waals surface area contributed by atoms with Gasteiger partial charge in [0.1, 0.15) is 0 Å². The molecule has 0 aromatic heterocycles. The molecule has 3 nitrogen and oxygen atoms in total. The van der Waals surface area contributed by atoms with E-state index in [1.807, 2.05) is 0 Å². The molecule has 34 heavy (non-hydrogen) atoms. The van der Waals surface area contributed by atoms with Crippen LogP contribution in [0, 0.1) is 50.2 Å². The van der Waals surface area contributed by atoms with E-state index in [1.165, 1.54) is 12.8 Å². The van der Waals surface area contributed by atoms with Gasteiger partial charge in [-0.25, -0.2) is 0 Å². The van der Waals surface area contributed by atoms with Crippen molar-refractivity contribution >= 4 is 5.97 Å². The molecule has 0 aromatic carbocycles. The van der Waals surface area contributed by atoms with E-state index < -0.39 is 0 Å². The lowest BCUT2D eigenvalue weighted by Gasteiger charge is -2.71. The molecule has 0 amide bonds. The number of hydrogen-bond acceptors (Lipinski definition) is 3. The average molecular weight is 471 g/mol. The lowest BCUT2D eigenvalue weighted by molar-refractivity contribution is -0.206. The highest BCUT2D eigenvalue weighted by Gasteiger charge is 2.69. The average Bonchev–Trinajstić information content (AvgIpc) is 2.76. The molecular weight excluding hydrogens is 420 g/mol. The van der Waals surface area contributed by atoms with E-state index in [-0.39, 0.29) is 44.6 Å². The zero-order chi connectivity index (χ0) is 24.9. The molecule has 1 unspecified atom stereocenters. The summed E-state index contributed by atoms with van der Waals surface area (Å²) in [5, 5.41) is 10.9. The van der Waals surface area contributed by atoms with E-state index in [0.717, 1.165) is 51.4 Å². The first-order chi connectivity index (χ1) is 15.7. The number of carbonyl (C=O) groups is 1. The van der Waals surface area contributed by atoms with Crippen LogP contribution in [0.2, 0.25) is 0 Å². The number of ether oxygens (including phenoxy) is 1. The molecule has 0 saturated heterocycles. The van der Waals surface area contributed by atoms with Gasteiger partial charge in [0.15, 0.2) is 0 Å². The minimum absolute atomic E-state index is 0.0147. The Bertz CT molecular complexity index is 900. The van der Waals surface area contributed by atoms with Gasteiger partial charge in [0.25, 0.3) is 0 Å². The van der Waals surface area contributed by atoms with Crippen molar-refractivity contribution in [1.82, 2.24) is 0 Å². The van der Waals surface area contributed by atoms with Crippen LogP contribution in [0.25, 0.3) is 0 Å². The Kier molecular flexibility index (Phi) is 5.38. The molecule has 0 spiro atoms. The third-order valence-electron chi connectivity index (χ3n) is 13.2. The highest BCUT2D eigenvalue weighted by Crippen LogP contribution is 2.75. The standard InChI is InChI=1S/C31H50O3/c1-26(2)15-17-31(25(33)34-8)18-16-29(6)20(21(31)19-26)9-10-23-28(5)13-12-24(32)27(3,4)22(28)11-14-30(23,29)7/h9,21-24,32H,10-19H2,1-8H3/t21-,22-,23+,24?,28-,29+,30+,31-/m0/s1. The van der Waals surface area contributed by atoms with Crippen molar-refractivity contribution in [3.63, 3.8) is 0 Å². The monoisotopic (exact) mass is 470 g/mol. The lowest BCUT2D eigenvalue weighted by Crippen LogP contribution is -2.65. The molecule has 8 atom stereocenters. The molecule has 4 saturated carbocycles. The summed E-state index contributed by atoms with van der Waals surface area (Å²) in [5.74, 6) is 1.57. The zero-order valence-corrected chi connectivity index (χ0v) is 23.2. The van der Waals surface area contributed by atoms with Gasteiger partial charge in [-0.1, -0.05) is 60.1 Å². The van der Waals surface area contributed by atoms with Crippen molar-refractivity contribution in [1.29, 1.82) is 0 Å². The van der Waals surface area contributed by atoms with E-state index >= 15 is 0 Å². The SMILES string of the molecule is COC(=O)[C@]12CCC(C)(C)C[C@H]1C1=CC[C@@H]3[C@@]4(C)CCC(O)C(C)(C)[C@@H]4CC[C@@]3(C)[C@]1(C)CC2. The van der Waals surface area contributed by atoms with Gasteiger partial charge in [0.05, 0.1) is 18.6 Å². The van der Waals surface area contributed by atoms with Crippen molar-refractivity contribution in [3.8, 4) is 0 Å². The van der Waals surface area contributed by atoms with Gasteiger partial charge in [-0.2, -0.15) is 0 Å². The summed E-state index contributed by atoms with van der Waals surface area (Å²) < 4.78 is 5.49. The number of fused-ring (bicyclic) bond motifs is 7. The van der Waals surface area contributed by atoms with Crippen molar-refractivity contribution in [2.24, 2.45) is 50.2 Å². The fraction of sp³-hybridized carbons (Fsp3) is 0.903. The van der Waals surface area contributed by atoms with Gasteiger partial charge in [0, 0.05) is 0 Å². The Morgan fingerprint density at radius 3 is 2.26 bits per heavy atom. The number of aliphatic hydroxyl groups excluding tert-OH is 1. The summed E-state index contributed by atoms with van der Waals surface area (Å²) in [5.41, 5.74) is 2.18. The molecule has 0 bridgehead atoms. The molecule has 5 rings (SSSR count). The number of allylic oxidation sites excluding steroid dienone is 2. The minimum atomic E-state index is -0.323. The quantitative estimate of drug-likeness (QED) is 0.322.